The van der Waals surface area contributed by atoms with Gasteiger partial charge < -0.3 is 24.3 Å². The fraction of sp³-hybridized carbons (Fsp3) is 0.370. The summed E-state index contributed by atoms with van der Waals surface area (Å²) in [6.45, 7) is 5.80. The smallest absolute Gasteiger partial charge is 0.266 e. The monoisotopic (exact) mass is 542 g/mol. The summed E-state index contributed by atoms with van der Waals surface area (Å²) in [7, 11) is 0. The standard InChI is InChI=1S/C27H30N2O6S2/c1-3-32-20-10-8-19(9-11-20)28-25(30)17-35-22-12-7-18(14-23(22)33-4-2)15-24-26(31)29(27(36)37-24)16-21-6-5-13-34-21/h7-12,14-15,21H,3-6,13,16-17H2,1-2H3,(H,28,30)/b24-15-/t21-/m1/s1. The summed E-state index contributed by atoms with van der Waals surface area (Å²) >= 11 is 6.72. The van der Waals surface area contributed by atoms with Crippen LogP contribution in [0.1, 0.15) is 32.3 Å². The Kier molecular flexibility index (Phi) is 9.43. The average molecular weight is 543 g/mol. The van der Waals surface area contributed by atoms with E-state index in [4.69, 9.17) is 31.2 Å². The molecule has 2 aromatic carbocycles. The third kappa shape index (κ3) is 7.24. The van der Waals surface area contributed by atoms with E-state index in [-0.39, 0.29) is 24.5 Å². The molecule has 2 aliphatic rings. The van der Waals surface area contributed by atoms with Crippen LogP contribution in [0.4, 0.5) is 5.69 Å². The van der Waals surface area contributed by atoms with E-state index in [9.17, 15) is 9.59 Å². The van der Waals surface area contributed by atoms with Crippen molar-refractivity contribution in [1.82, 2.24) is 4.90 Å². The van der Waals surface area contributed by atoms with E-state index in [0.717, 1.165) is 30.8 Å². The molecular formula is C27H30N2O6S2. The van der Waals surface area contributed by atoms with Crippen LogP contribution in [0, 0.1) is 0 Å². The molecule has 2 aliphatic heterocycles. The predicted molar refractivity (Wildman–Crippen MR) is 148 cm³/mol. The van der Waals surface area contributed by atoms with E-state index >= 15 is 0 Å². The van der Waals surface area contributed by atoms with Gasteiger partial charge in [-0.05, 0) is 74.7 Å². The Labute approximate surface area is 226 Å². The summed E-state index contributed by atoms with van der Waals surface area (Å²) in [6.07, 6.45) is 3.77. The van der Waals surface area contributed by atoms with Gasteiger partial charge >= 0.3 is 0 Å². The minimum atomic E-state index is -0.300. The van der Waals surface area contributed by atoms with Gasteiger partial charge in [-0.1, -0.05) is 30.0 Å². The van der Waals surface area contributed by atoms with Crippen LogP contribution >= 0.6 is 24.0 Å². The number of hydrogen-bond donors (Lipinski definition) is 1. The van der Waals surface area contributed by atoms with E-state index in [1.54, 1.807) is 47.4 Å². The molecule has 2 heterocycles. The molecular weight excluding hydrogens is 512 g/mol. The molecule has 4 rings (SSSR count). The lowest BCUT2D eigenvalue weighted by Crippen LogP contribution is -2.35. The van der Waals surface area contributed by atoms with Crippen LogP contribution < -0.4 is 19.5 Å². The number of thiocarbonyl (C=S) groups is 1. The van der Waals surface area contributed by atoms with Crippen LogP contribution in [0.2, 0.25) is 0 Å². The second kappa shape index (κ2) is 12.9. The topological polar surface area (TPSA) is 86.3 Å². The highest BCUT2D eigenvalue weighted by molar-refractivity contribution is 8.26. The van der Waals surface area contributed by atoms with Gasteiger partial charge in [0.1, 0.15) is 10.1 Å². The number of benzene rings is 2. The van der Waals surface area contributed by atoms with Gasteiger partial charge in [0.05, 0.1) is 30.8 Å². The Hall–Kier alpha value is -3.08. The maximum Gasteiger partial charge on any atom is 0.266 e. The van der Waals surface area contributed by atoms with Gasteiger partial charge in [0.25, 0.3) is 11.8 Å². The van der Waals surface area contributed by atoms with Gasteiger partial charge in [0, 0.05) is 12.3 Å². The SMILES string of the molecule is CCOc1ccc(NC(=O)COc2ccc(/C=C3\SC(=S)N(C[C@H]4CCCO4)C3=O)cc2OCC)cc1. The van der Waals surface area contributed by atoms with Crippen molar-refractivity contribution in [1.29, 1.82) is 0 Å². The Morgan fingerprint density at radius 1 is 1.14 bits per heavy atom. The summed E-state index contributed by atoms with van der Waals surface area (Å²) < 4.78 is 23.1. The number of amides is 2. The molecule has 0 spiro atoms. The molecule has 0 radical (unpaired) electrons. The van der Waals surface area contributed by atoms with Crippen molar-refractivity contribution in [2.45, 2.75) is 32.8 Å². The van der Waals surface area contributed by atoms with Crippen LogP contribution in [0.25, 0.3) is 6.08 Å². The maximum atomic E-state index is 13.0. The molecule has 196 valence electrons. The highest BCUT2D eigenvalue weighted by Gasteiger charge is 2.34. The van der Waals surface area contributed by atoms with Crippen LogP contribution in [-0.4, -0.2) is 60.1 Å². The summed E-state index contributed by atoms with van der Waals surface area (Å²) in [4.78, 5) is 27.5. The van der Waals surface area contributed by atoms with Crippen LogP contribution in [-0.2, 0) is 14.3 Å². The number of carbonyl (C=O) groups excluding carboxylic acids is 2. The molecule has 0 saturated carbocycles. The molecule has 2 saturated heterocycles. The van der Waals surface area contributed by atoms with Crippen molar-refractivity contribution in [3.63, 3.8) is 0 Å². The Morgan fingerprint density at radius 2 is 1.92 bits per heavy atom. The van der Waals surface area contributed by atoms with Crippen molar-refractivity contribution < 1.29 is 28.5 Å². The number of thioether (sulfide) groups is 1. The van der Waals surface area contributed by atoms with Gasteiger partial charge in [-0.2, -0.15) is 0 Å². The number of carbonyl (C=O) groups is 2. The Balaban J connectivity index is 1.38. The van der Waals surface area contributed by atoms with Crippen molar-refractivity contribution in [2.24, 2.45) is 0 Å². The number of hydrogen-bond acceptors (Lipinski definition) is 8. The van der Waals surface area contributed by atoms with Crippen molar-refractivity contribution in [3.05, 3.63) is 52.9 Å². The molecule has 0 aliphatic carbocycles. The first kappa shape index (κ1) is 27.0. The zero-order chi connectivity index (χ0) is 26.2. The molecule has 2 fully saturated rings. The number of rotatable bonds is 11. The second-order valence-corrected chi connectivity index (χ2v) is 10.0. The van der Waals surface area contributed by atoms with Crippen LogP contribution in [0.3, 0.4) is 0 Å². The zero-order valence-electron chi connectivity index (χ0n) is 20.9. The normalized spacial score (nSPS) is 18.4. The van der Waals surface area contributed by atoms with Crippen LogP contribution in [0.15, 0.2) is 47.4 Å². The molecule has 8 nitrogen and oxygen atoms in total. The molecule has 0 unspecified atom stereocenters. The zero-order valence-corrected chi connectivity index (χ0v) is 22.5. The lowest BCUT2D eigenvalue weighted by Gasteiger charge is -2.18. The Bertz CT molecular complexity index is 1160. The summed E-state index contributed by atoms with van der Waals surface area (Å²) in [5.74, 6) is 1.25. The van der Waals surface area contributed by atoms with Crippen molar-refractivity contribution >= 4 is 51.9 Å². The highest BCUT2D eigenvalue weighted by Crippen LogP contribution is 2.35. The molecule has 2 amide bonds. The summed E-state index contributed by atoms with van der Waals surface area (Å²) in [5.41, 5.74) is 1.42. The number of nitrogens with zero attached hydrogens (tertiary/aromatic N) is 1. The first-order valence-corrected chi connectivity index (χ1v) is 13.5. The van der Waals surface area contributed by atoms with Crippen molar-refractivity contribution in [3.8, 4) is 17.2 Å². The van der Waals surface area contributed by atoms with E-state index in [2.05, 4.69) is 5.32 Å². The molecule has 2 aromatic rings. The van der Waals surface area contributed by atoms with Gasteiger partial charge in [-0.25, -0.2) is 0 Å². The highest BCUT2D eigenvalue weighted by atomic mass is 32.2. The predicted octanol–water partition coefficient (Wildman–Crippen LogP) is 4.88. The van der Waals surface area contributed by atoms with E-state index < -0.39 is 0 Å². The first-order valence-electron chi connectivity index (χ1n) is 12.3. The fourth-order valence-electron chi connectivity index (χ4n) is 3.94. The summed E-state index contributed by atoms with van der Waals surface area (Å²) in [6, 6.07) is 12.5. The molecule has 1 N–H and O–H groups in total. The van der Waals surface area contributed by atoms with Gasteiger partial charge in [-0.3, -0.25) is 14.5 Å². The van der Waals surface area contributed by atoms with Gasteiger partial charge in [-0.15, -0.1) is 0 Å². The lowest BCUT2D eigenvalue weighted by molar-refractivity contribution is -0.123. The fourth-order valence-corrected chi connectivity index (χ4v) is 5.22. The third-order valence-electron chi connectivity index (χ3n) is 5.66. The Morgan fingerprint density at radius 3 is 2.62 bits per heavy atom. The van der Waals surface area contributed by atoms with Gasteiger partial charge in [0.2, 0.25) is 0 Å². The lowest BCUT2D eigenvalue weighted by atomic mass is 10.1. The quantitative estimate of drug-likeness (QED) is 0.318. The molecule has 37 heavy (non-hydrogen) atoms. The molecule has 1 atom stereocenters. The van der Waals surface area contributed by atoms with E-state index in [0.29, 0.717) is 46.2 Å². The van der Waals surface area contributed by atoms with E-state index in [1.165, 1.54) is 11.8 Å². The molecule has 0 bridgehead atoms. The maximum absolute atomic E-state index is 13.0. The molecule has 10 heteroatoms. The second-order valence-electron chi connectivity index (χ2n) is 8.36. The minimum Gasteiger partial charge on any atom is -0.494 e. The first-order chi connectivity index (χ1) is 18.0. The largest absolute Gasteiger partial charge is 0.494 e. The number of ether oxygens (including phenoxy) is 4. The summed E-state index contributed by atoms with van der Waals surface area (Å²) in [5, 5.41) is 2.80. The van der Waals surface area contributed by atoms with Crippen molar-refractivity contribution in [2.75, 3.05) is 38.3 Å². The number of anilines is 1. The third-order valence-corrected chi connectivity index (χ3v) is 7.03. The van der Waals surface area contributed by atoms with E-state index in [1.807, 2.05) is 19.9 Å². The molecule has 0 aromatic heterocycles. The number of nitrogens with one attached hydrogen (secondary N) is 1. The van der Waals surface area contributed by atoms with Gasteiger partial charge in [0.15, 0.2) is 18.1 Å². The average Bonchev–Trinajstić information content (AvgIpc) is 3.49. The van der Waals surface area contributed by atoms with Crippen LogP contribution in [0.5, 0.6) is 17.2 Å². The minimum absolute atomic E-state index is 0.0366.